The molecule has 0 aliphatic rings. The van der Waals surface area contributed by atoms with Crippen LogP contribution in [-0.4, -0.2) is 19.7 Å². The Kier molecular flexibility index (Phi) is 1.70. The summed E-state index contributed by atoms with van der Waals surface area (Å²) < 4.78 is 1.75. The molecule has 5 heteroatoms. The molecule has 0 saturated carbocycles. The van der Waals surface area contributed by atoms with E-state index in [1.165, 1.54) is 0 Å². The molecule has 0 bridgehead atoms. The van der Waals surface area contributed by atoms with E-state index >= 15 is 0 Å². The Morgan fingerprint density at radius 1 is 1.54 bits per heavy atom. The molecule has 0 aromatic carbocycles. The Morgan fingerprint density at radius 2 is 2.38 bits per heavy atom. The second-order valence-corrected chi connectivity index (χ2v) is 2.68. The Morgan fingerprint density at radius 3 is 3.08 bits per heavy atom. The van der Waals surface area contributed by atoms with Crippen molar-refractivity contribution in [3.63, 3.8) is 0 Å². The minimum absolute atomic E-state index is 0.175. The molecular weight excluding hydrogens is 168 g/mol. The number of rotatable bonds is 1. The molecule has 2 aromatic rings. The first-order valence-corrected chi connectivity index (χ1v) is 3.81. The molecule has 2 aromatic heterocycles. The van der Waals surface area contributed by atoms with Gasteiger partial charge in [-0.1, -0.05) is 0 Å². The lowest BCUT2D eigenvalue weighted by Gasteiger charge is -2.02. The molecule has 1 N–H and O–H groups in total. The van der Waals surface area contributed by atoms with E-state index in [0.29, 0.717) is 5.56 Å². The SMILES string of the molecule is Cc1c(-n2ccnc2)cn[nH]c1=O. The number of hydrogen-bond donors (Lipinski definition) is 1. The predicted molar refractivity (Wildman–Crippen MR) is 46.7 cm³/mol. The van der Waals surface area contributed by atoms with Crippen LogP contribution >= 0.6 is 0 Å². The summed E-state index contributed by atoms with van der Waals surface area (Å²) in [5.74, 6) is 0. The van der Waals surface area contributed by atoms with E-state index in [9.17, 15) is 4.79 Å². The molecule has 0 spiro atoms. The van der Waals surface area contributed by atoms with Gasteiger partial charge in [0, 0.05) is 18.0 Å². The van der Waals surface area contributed by atoms with Crippen LogP contribution in [0.3, 0.4) is 0 Å². The monoisotopic (exact) mass is 176 g/mol. The lowest BCUT2D eigenvalue weighted by atomic mass is 10.3. The van der Waals surface area contributed by atoms with Gasteiger partial charge in [-0.15, -0.1) is 0 Å². The summed E-state index contributed by atoms with van der Waals surface area (Å²) in [6.07, 6.45) is 6.64. The molecular formula is C8H8N4O. The van der Waals surface area contributed by atoms with E-state index < -0.39 is 0 Å². The molecule has 2 heterocycles. The molecule has 0 aliphatic carbocycles. The van der Waals surface area contributed by atoms with Gasteiger partial charge in [0.25, 0.3) is 5.56 Å². The first-order valence-electron chi connectivity index (χ1n) is 3.81. The molecule has 0 atom stereocenters. The van der Waals surface area contributed by atoms with Crippen molar-refractivity contribution in [1.29, 1.82) is 0 Å². The van der Waals surface area contributed by atoms with Crippen molar-refractivity contribution in [1.82, 2.24) is 19.7 Å². The van der Waals surface area contributed by atoms with Crippen LogP contribution < -0.4 is 5.56 Å². The van der Waals surface area contributed by atoms with Gasteiger partial charge in [0.15, 0.2) is 0 Å². The van der Waals surface area contributed by atoms with Crippen molar-refractivity contribution in [2.45, 2.75) is 6.92 Å². The van der Waals surface area contributed by atoms with Gasteiger partial charge in [-0.3, -0.25) is 4.79 Å². The first-order chi connectivity index (χ1) is 6.29. The van der Waals surface area contributed by atoms with Gasteiger partial charge < -0.3 is 4.57 Å². The molecule has 0 saturated heterocycles. The van der Waals surface area contributed by atoms with Crippen LogP contribution in [0.5, 0.6) is 0 Å². The van der Waals surface area contributed by atoms with Crippen molar-refractivity contribution < 1.29 is 0 Å². The highest BCUT2D eigenvalue weighted by Gasteiger charge is 2.02. The third-order valence-electron chi connectivity index (χ3n) is 1.86. The van der Waals surface area contributed by atoms with Gasteiger partial charge in [-0.25, -0.2) is 10.1 Å². The number of aromatic amines is 1. The quantitative estimate of drug-likeness (QED) is 0.678. The summed E-state index contributed by atoms with van der Waals surface area (Å²) >= 11 is 0. The zero-order chi connectivity index (χ0) is 9.26. The average Bonchev–Trinajstić information content (AvgIpc) is 2.62. The normalized spacial score (nSPS) is 10.2. The largest absolute Gasteiger partial charge is 0.304 e. The molecule has 2 rings (SSSR count). The molecule has 13 heavy (non-hydrogen) atoms. The van der Waals surface area contributed by atoms with Gasteiger partial charge in [-0.2, -0.15) is 5.10 Å². The summed E-state index contributed by atoms with van der Waals surface area (Å²) in [5, 5.41) is 6.08. The van der Waals surface area contributed by atoms with Gasteiger partial charge in [0.05, 0.1) is 18.2 Å². The number of hydrogen-bond acceptors (Lipinski definition) is 3. The molecule has 0 amide bonds. The Balaban J connectivity index is 2.66. The zero-order valence-electron chi connectivity index (χ0n) is 7.06. The highest BCUT2D eigenvalue weighted by atomic mass is 16.1. The highest BCUT2D eigenvalue weighted by Crippen LogP contribution is 2.05. The van der Waals surface area contributed by atoms with Gasteiger partial charge >= 0.3 is 0 Å². The maximum Gasteiger partial charge on any atom is 0.269 e. The van der Waals surface area contributed by atoms with Crippen LogP contribution in [0.1, 0.15) is 5.56 Å². The van der Waals surface area contributed by atoms with Crippen LogP contribution in [0.4, 0.5) is 0 Å². The van der Waals surface area contributed by atoms with E-state index in [4.69, 9.17) is 0 Å². The first kappa shape index (κ1) is 7.72. The fourth-order valence-electron chi connectivity index (χ4n) is 1.11. The standard InChI is InChI=1S/C8H8N4O/c1-6-7(4-10-11-8(6)13)12-3-2-9-5-12/h2-5H,1H3,(H,11,13). The minimum Gasteiger partial charge on any atom is -0.304 e. The number of nitrogens with zero attached hydrogens (tertiary/aromatic N) is 3. The Labute approximate surface area is 74.1 Å². The van der Waals surface area contributed by atoms with Gasteiger partial charge in [-0.05, 0) is 6.92 Å². The molecule has 0 unspecified atom stereocenters. The maximum atomic E-state index is 11.2. The molecule has 66 valence electrons. The summed E-state index contributed by atoms with van der Waals surface area (Å²) in [7, 11) is 0. The summed E-state index contributed by atoms with van der Waals surface area (Å²) in [5.41, 5.74) is 1.21. The van der Waals surface area contributed by atoms with Crippen LogP contribution in [0.15, 0.2) is 29.7 Å². The Hall–Kier alpha value is -1.91. The topological polar surface area (TPSA) is 63.6 Å². The highest BCUT2D eigenvalue weighted by molar-refractivity contribution is 5.35. The van der Waals surface area contributed by atoms with Crippen LogP contribution in [0.25, 0.3) is 5.69 Å². The third kappa shape index (κ3) is 1.24. The van der Waals surface area contributed by atoms with E-state index in [2.05, 4.69) is 15.2 Å². The number of H-pyrrole nitrogens is 1. The number of aromatic nitrogens is 4. The maximum absolute atomic E-state index is 11.2. The van der Waals surface area contributed by atoms with Crippen LogP contribution in [0, 0.1) is 6.92 Å². The summed E-state index contributed by atoms with van der Waals surface area (Å²) in [6.45, 7) is 1.75. The fraction of sp³-hybridized carbons (Fsp3) is 0.125. The van der Waals surface area contributed by atoms with Crippen LogP contribution in [0.2, 0.25) is 0 Å². The lowest BCUT2D eigenvalue weighted by Crippen LogP contribution is -2.14. The van der Waals surface area contributed by atoms with Crippen molar-refractivity contribution >= 4 is 0 Å². The Bertz CT molecular complexity index is 457. The van der Waals surface area contributed by atoms with E-state index in [0.717, 1.165) is 5.69 Å². The third-order valence-corrected chi connectivity index (χ3v) is 1.86. The fourth-order valence-corrected chi connectivity index (χ4v) is 1.11. The van der Waals surface area contributed by atoms with Crippen molar-refractivity contribution in [3.05, 3.63) is 40.8 Å². The predicted octanol–water partition coefficient (Wildman–Crippen LogP) is 0.264. The molecule has 0 fully saturated rings. The van der Waals surface area contributed by atoms with Crippen LogP contribution in [-0.2, 0) is 0 Å². The van der Waals surface area contributed by atoms with Crippen molar-refractivity contribution in [2.75, 3.05) is 0 Å². The van der Waals surface area contributed by atoms with Crippen molar-refractivity contribution in [2.24, 2.45) is 0 Å². The minimum atomic E-state index is -0.175. The zero-order valence-corrected chi connectivity index (χ0v) is 7.06. The molecule has 0 radical (unpaired) electrons. The second kappa shape index (κ2) is 2.85. The summed E-state index contributed by atoms with van der Waals surface area (Å²) in [6, 6.07) is 0. The number of nitrogens with one attached hydrogen (secondary N) is 1. The second-order valence-electron chi connectivity index (χ2n) is 2.68. The van der Waals surface area contributed by atoms with E-state index in [1.807, 2.05) is 0 Å². The van der Waals surface area contributed by atoms with E-state index in [-0.39, 0.29) is 5.56 Å². The molecule has 5 nitrogen and oxygen atoms in total. The smallest absolute Gasteiger partial charge is 0.269 e. The van der Waals surface area contributed by atoms with E-state index in [1.54, 1.807) is 36.4 Å². The number of imidazole rings is 1. The van der Waals surface area contributed by atoms with Gasteiger partial charge in [0.1, 0.15) is 0 Å². The average molecular weight is 176 g/mol. The van der Waals surface area contributed by atoms with Crippen molar-refractivity contribution in [3.8, 4) is 5.69 Å². The van der Waals surface area contributed by atoms with Gasteiger partial charge in [0.2, 0.25) is 0 Å². The summed E-state index contributed by atoms with van der Waals surface area (Å²) in [4.78, 5) is 15.1. The molecule has 0 aliphatic heterocycles. The lowest BCUT2D eigenvalue weighted by molar-refractivity contribution is 0.920.